The number of halogens is 4. The first-order valence-corrected chi connectivity index (χ1v) is 5.68. The van der Waals surface area contributed by atoms with Gasteiger partial charge in [0.25, 0.3) is 0 Å². The highest BCUT2D eigenvalue weighted by molar-refractivity contribution is 9.10. The summed E-state index contributed by atoms with van der Waals surface area (Å²) in [5.74, 6) is 0.288. The standard InChI is InChI=1S/C10H8BrF3N4/c11-8-1-6(2-15)9(16-4-8)18-5-7(3-17-18)10(12,13)14/h1,3-5H,2,15H2. The van der Waals surface area contributed by atoms with Crippen LogP contribution in [0.5, 0.6) is 0 Å². The Morgan fingerprint density at radius 2 is 2.06 bits per heavy atom. The molecule has 0 aliphatic rings. The Labute approximate surface area is 109 Å². The lowest BCUT2D eigenvalue weighted by Gasteiger charge is -2.07. The first-order valence-electron chi connectivity index (χ1n) is 4.88. The number of hydrogen-bond acceptors (Lipinski definition) is 3. The number of hydrogen-bond donors (Lipinski definition) is 1. The monoisotopic (exact) mass is 320 g/mol. The molecule has 8 heteroatoms. The number of aromatic nitrogens is 3. The molecular formula is C10H8BrF3N4. The quantitative estimate of drug-likeness (QED) is 0.925. The second-order valence-corrected chi connectivity index (χ2v) is 4.43. The van der Waals surface area contributed by atoms with Crippen LogP contribution >= 0.6 is 15.9 Å². The largest absolute Gasteiger partial charge is 0.419 e. The van der Waals surface area contributed by atoms with E-state index < -0.39 is 11.7 Å². The fraction of sp³-hybridized carbons (Fsp3) is 0.200. The van der Waals surface area contributed by atoms with E-state index in [2.05, 4.69) is 26.0 Å². The van der Waals surface area contributed by atoms with Gasteiger partial charge in [-0.05, 0) is 22.0 Å². The Kier molecular flexibility index (Phi) is 3.40. The molecule has 0 saturated heterocycles. The molecule has 2 N–H and O–H groups in total. The fourth-order valence-electron chi connectivity index (χ4n) is 1.42. The summed E-state index contributed by atoms with van der Waals surface area (Å²) < 4.78 is 39.1. The van der Waals surface area contributed by atoms with Gasteiger partial charge in [-0.2, -0.15) is 18.3 Å². The number of nitrogens with zero attached hydrogens (tertiary/aromatic N) is 3. The SMILES string of the molecule is NCc1cc(Br)cnc1-n1cc(C(F)(F)F)cn1. The van der Waals surface area contributed by atoms with Gasteiger partial charge in [-0.25, -0.2) is 9.67 Å². The van der Waals surface area contributed by atoms with E-state index in [1.165, 1.54) is 6.20 Å². The van der Waals surface area contributed by atoms with Crippen molar-refractivity contribution >= 4 is 15.9 Å². The van der Waals surface area contributed by atoms with Crippen LogP contribution in [-0.2, 0) is 12.7 Å². The van der Waals surface area contributed by atoms with E-state index in [9.17, 15) is 13.2 Å². The molecule has 0 amide bonds. The fourth-order valence-corrected chi connectivity index (χ4v) is 1.79. The number of nitrogens with two attached hydrogens (primary N) is 1. The van der Waals surface area contributed by atoms with Crippen molar-refractivity contribution in [2.45, 2.75) is 12.7 Å². The molecule has 2 aromatic rings. The minimum Gasteiger partial charge on any atom is -0.326 e. The van der Waals surface area contributed by atoms with Gasteiger partial charge in [0.15, 0.2) is 5.82 Å². The van der Waals surface area contributed by atoms with Crippen molar-refractivity contribution in [3.05, 3.63) is 40.3 Å². The molecule has 2 rings (SSSR count). The summed E-state index contributed by atoms with van der Waals surface area (Å²) in [6.45, 7) is 0.156. The van der Waals surface area contributed by atoms with Crippen molar-refractivity contribution in [1.82, 2.24) is 14.8 Å². The smallest absolute Gasteiger partial charge is 0.326 e. The molecule has 0 unspecified atom stereocenters. The highest BCUT2D eigenvalue weighted by Crippen LogP contribution is 2.29. The van der Waals surface area contributed by atoms with Crippen LogP contribution in [-0.4, -0.2) is 14.8 Å². The number of pyridine rings is 1. The Morgan fingerprint density at radius 1 is 1.33 bits per heavy atom. The number of rotatable bonds is 2. The maximum absolute atomic E-state index is 12.5. The van der Waals surface area contributed by atoms with Crippen molar-refractivity contribution in [3.63, 3.8) is 0 Å². The highest BCUT2D eigenvalue weighted by Gasteiger charge is 2.32. The van der Waals surface area contributed by atoms with Gasteiger partial charge in [-0.15, -0.1) is 0 Å². The van der Waals surface area contributed by atoms with Crippen LogP contribution in [0.1, 0.15) is 11.1 Å². The molecule has 0 aliphatic carbocycles. The van der Waals surface area contributed by atoms with Gasteiger partial charge in [0, 0.05) is 29.0 Å². The molecule has 96 valence electrons. The summed E-state index contributed by atoms with van der Waals surface area (Å²) in [6, 6.07) is 1.69. The Balaban J connectivity index is 2.46. The Bertz CT molecular complexity index is 564. The second kappa shape index (κ2) is 4.69. The maximum Gasteiger partial charge on any atom is 0.419 e. The van der Waals surface area contributed by atoms with Crippen molar-refractivity contribution in [2.24, 2.45) is 5.73 Å². The molecule has 0 fully saturated rings. The van der Waals surface area contributed by atoms with Gasteiger partial charge in [0.1, 0.15) is 0 Å². The average Bonchev–Trinajstić information content (AvgIpc) is 2.77. The molecule has 0 saturated carbocycles. The lowest BCUT2D eigenvalue weighted by molar-refractivity contribution is -0.137. The van der Waals surface area contributed by atoms with E-state index in [0.29, 0.717) is 10.0 Å². The normalized spacial score (nSPS) is 11.8. The van der Waals surface area contributed by atoms with E-state index >= 15 is 0 Å². The van der Waals surface area contributed by atoms with Crippen LogP contribution in [0, 0.1) is 0 Å². The summed E-state index contributed by atoms with van der Waals surface area (Å²) in [4.78, 5) is 4.02. The zero-order valence-electron chi connectivity index (χ0n) is 8.95. The molecule has 0 aromatic carbocycles. The van der Waals surface area contributed by atoms with Crippen LogP contribution < -0.4 is 5.73 Å². The molecule has 4 nitrogen and oxygen atoms in total. The zero-order valence-corrected chi connectivity index (χ0v) is 10.5. The zero-order chi connectivity index (χ0) is 13.3. The third-order valence-electron chi connectivity index (χ3n) is 2.26. The lowest BCUT2D eigenvalue weighted by atomic mass is 10.2. The molecule has 0 radical (unpaired) electrons. The summed E-state index contributed by atoms with van der Waals surface area (Å²) in [5.41, 5.74) is 5.30. The minimum absolute atomic E-state index is 0.156. The predicted octanol–water partition coefficient (Wildman–Crippen LogP) is 2.51. The molecule has 0 spiro atoms. The number of alkyl halides is 3. The van der Waals surface area contributed by atoms with Gasteiger partial charge >= 0.3 is 6.18 Å². The van der Waals surface area contributed by atoms with Gasteiger partial charge in [0.2, 0.25) is 0 Å². The third-order valence-corrected chi connectivity index (χ3v) is 2.69. The van der Waals surface area contributed by atoms with Crippen LogP contribution in [0.25, 0.3) is 5.82 Å². The Morgan fingerprint density at radius 3 is 2.61 bits per heavy atom. The molecule has 0 bridgehead atoms. The molecule has 2 aromatic heterocycles. The van der Waals surface area contributed by atoms with Crippen molar-refractivity contribution in [3.8, 4) is 5.82 Å². The second-order valence-electron chi connectivity index (χ2n) is 3.51. The first-order chi connectivity index (χ1) is 8.41. The van der Waals surface area contributed by atoms with E-state index in [4.69, 9.17) is 5.73 Å². The van der Waals surface area contributed by atoms with E-state index in [1.807, 2.05) is 0 Å². The van der Waals surface area contributed by atoms with E-state index in [0.717, 1.165) is 17.1 Å². The molecule has 18 heavy (non-hydrogen) atoms. The average molecular weight is 321 g/mol. The summed E-state index contributed by atoms with van der Waals surface area (Å²) in [7, 11) is 0. The van der Waals surface area contributed by atoms with E-state index in [-0.39, 0.29) is 12.4 Å². The molecule has 0 aliphatic heterocycles. The van der Waals surface area contributed by atoms with Gasteiger partial charge < -0.3 is 5.73 Å². The molecular weight excluding hydrogens is 313 g/mol. The van der Waals surface area contributed by atoms with Crippen LogP contribution in [0.2, 0.25) is 0 Å². The highest BCUT2D eigenvalue weighted by atomic mass is 79.9. The van der Waals surface area contributed by atoms with E-state index in [1.54, 1.807) is 6.07 Å². The lowest BCUT2D eigenvalue weighted by Crippen LogP contribution is -2.08. The van der Waals surface area contributed by atoms with Crippen molar-refractivity contribution in [2.75, 3.05) is 0 Å². The summed E-state index contributed by atoms with van der Waals surface area (Å²) in [5, 5.41) is 3.65. The topological polar surface area (TPSA) is 56.7 Å². The van der Waals surface area contributed by atoms with Gasteiger partial charge in [-0.3, -0.25) is 0 Å². The maximum atomic E-state index is 12.5. The van der Waals surface area contributed by atoms with Crippen molar-refractivity contribution < 1.29 is 13.2 Å². The predicted molar refractivity (Wildman–Crippen MR) is 62.0 cm³/mol. The molecule has 0 atom stereocenters. The first kappa shape index (κ1) is 13.0. The summed E-state index contributed by atoms with van der Waals surface area (Å²) >= 11 is 3.22. The van der Waals surface area contributed by atoms with Crippen LogP contribution in [0.4, 0.5) is 13.2 Å². The van der Waals surface area contributed by atoms with Gasteiger partial charge in [0.05, 0.1) is 11.8 Å². The minimum atomic E-state index is -4.42. The Hall–Kier alpha value is -1.41. The van der Waals surface area contributed by atoms with Crippen LogP contribution in [0.15, 0.2) is 29.1 Å². The molecule has 2 heterocycles. The third kappa shape index (κ3) is 2.54. The van der Waals surface area contributed by atoms with Crippen molar-refractivity contribution in [1.29, 1.82) is 0 Å². The summed E-state index contributed by atoms with van der Waals surface area (Å²) in [6.07, 6.45) is -1.31. The van der Waals surface area contributed by atoms with Crippen LogP contribution in [0.3, 0.4) is 0 Å². The van der Waals surface area contributed by atoms with Gasteiger partial charge in [-0.1, -0.05) is 0 Å².